The van der Waals surface area contributed by atoms with Gasteiger partial charge in [-0.1, -0.05) is 18.2 Å². The molecule has 2 N–H and O–H groups in total. The van der Waals surface area contributed by atoms with Gasteiger partial charge in [0.1, 0.15) is 0 Å². The van der Waals surface area contributed by atoms with Crippen LogP contribution in [0.5, 0.6) is 0 Å². The van der Waals surface area contributed by atoms with Crippen LogP contribution in [0.3, 0.4) is 0 Å². The number of thioether (sulfide) groups is 1. The van der Waals surface area contributed by atoms with E-state index < -0.39 is 9.84 Å². The predicted molar refractivity (Wildman–Crippen MR) is 102 cm³/mol. The van der Waals surface area contributed by atoms with Crippen molar-refractivity contribution in [2.45, 2.75) is 22.6 Å². The molecule has 0 aromatic heterocycles. The molecule has 26 heavy (non-hydrogen) atoms. The Morgan fingerprint density at radius 3 is 2.69 bits per heavy atom. The van der Waals surface area contributed by atoms with Gasteiger partial charge in [0.25, 0.3) is 0 Å². The SMILES string of the molecule is O=C(CCS(=O)(=O)c1ccc2c(c1)NC(=O)CCS2)Nc1ccccc1. The van der Waals surface area contributed by atoms with Crippen LogP contribution in [0.15, 0.2) is 58.3 Å². The molecule has 0 spiro atoms. The minimum absolute atomic E-state index is 0.103. The Morgan fingerprint density at radius 1 is 1.15 bits per heavy atom. The van der Waals surface area contributed by atoms with Gasteiger partial charge in [0, 0.05) is 29.2 Å². The second-order valence-corrected chi connectivity index (χ2v) is 9.03. The number of sulfone groups is 1. The van der Waals surface area contributed by atoms with Crippen LogP contribution >= 0.6 is 11.8 Å². The summed E-state index contributed by atoms with van der Waals surface area (Å²) in [7, 11) is -3.63. The van der Waals surface area contributed by atoms with Crippen molar-refractivity contribution in [3.63, 3.8) is 0 Å². The molecule has 1 aliphatic rings. The van der Waals surface area contributed by atoms with E-state index in [4.69, 9.17) is 0 Å². The van der Waals surface area contributed by atoms with Gasteiger partial charge in [0.15, 0.2) is 9.84 Å². The first-order chi connectivity index (χ1) is 12.4. The number of para-hydroxylation sites is 1. The lowest BCUT2D eigenvalue weighted by atomic mass is 10.3. The summed E-state index contributed by atoms with van der Waals surface area (Å²) in [6, 6.07) is 13.6. The molecule has 2 aromatic carbocycles. The first-order valence-corrected chi connectivity index (χ1v) is 10.7. The van der Waals surface area contributed by atoms with E-state index in [1.807, 2.05) is 6.07 Å². The van der Waals surface area contributed by atoms with Crippen LogP contribution in [-0.2, 0) is 19.4 Å². The number of benzene rings is 2. The van der Waals surface area contributed by atoms with Gasteiger partial charge in [-0.3, -0.25) is 9.59 Å². The molecule has 0 radical (unpaired) electrons. The van der Waals surface area contributed by atoms with Crippen LogP contribution in [0.1, 0.15) is 12.8 Å². The largest absolute Gasteiger partial charge is 0.326 e. The summed E-state index contributed by atoms with van der Waals surface area (Å²) in [5.74, 6) is -0.137. The van der Waals surface area contributed by atoms with Crippen LogP contribution in [0.25, 0.3) is 0 Å². The van der Waals surface area contributed by atoms with Crippen LogP contribution in [0.2, 0.25) is 0 Å². The molecule has 0 saturated heterocycles. The summed E-state index contributed by atoms with van der Waals surface area (Å²) in [6.45, 7) is 0. The van der Waals surface area contributed by atoms with E-state index in [1.54, 1.807) is 30.3 Å². The number of nitrogens with one attached hydrogen (secondary N) is 2. The Hall–Kier alpha value is -2.32. The average molecular weight is 390 g/mol. The minimum Gasteiger partial charge on any atom is -0.326 e. The number of rotatable bonds is 5. The number of anilines is 2. The van der Waals surface area contributed by atoms with Crippen molar-refractivity contribution in [3.05, 3.63) is 48.5 Å². The van der Waals surface area contributed by atoms with Crippen LogP contribution in [0.4, 0.5) is 11.4 Å². The molecular weight excluding hydrogens is 372 g/mol. The van der Waals surface area contributed by atoms with Crippen LogP contribution in [0, 0.1) is 0 Å². The van der Waals surface area contributed by atoms with Gasteiger partial charge < -0.3 is 10.6 Å². The normalized spacial score (nSPS) is 14.1. The fraction of sp³-hybridized carbons (Fsp3) is 0.222. The van der Waals surface area contributed by atoms with Crippen LogP contribution < -0.4 is 10.6 Å². The Balaban J connectivity index is 1.68. The molecule has 2 aromatic rings. The quantitative estimate of drug-likeness (QED) is 0.819. The zero-order chi connectivity index (χ0) is 18.6. The lowest BCUT2D eigenvalue weighted by Gasteiger charge is -2.10. The van der Waals surface area contributed by atoms with E-state index >= 15 is 0 Å². The number of amides is 2. The first-order valence-electron chi connectivity index (χ1n) is 8.08. The van der Waals surface area contributed by atoms with E-state index in [0.717, 1.165) is 4.90 Å². The third-order valence-electron chi connectivity index (χ3n) is 3.83. The number of carbonyl (C=O) groups excluding carboxylic acids is 2. The highest BCUT2D eigenvalue weighted by molar-refractivity contribution is 7.99. The van der Waals surface area contributed by atoms with Gasteiger partial charge in [-0.15, -0.1) is 11.8 Å². The summed E-state index contributed by atoms with van der Waals surface area (Å²) >= 11 is 1.51. The Kier molecular flexibility index (Phi) is 5.63. The molecule has 6 nitrogen and oxygen atoms in total. The average Bonchev–Trinajstić information content (AvgIpc) is 2.81. The second-order valence-electron chi connectivity index (χ2n) is 5.79. The predicted octanol–water partition coefficient (Wildman–Crippen LogP) is 2.92. The lowest BCUT2D eigenvalue weighted by Crippen LogP contribution is -2.17. The molecule has 8 heteroatoms. The molecule has 136 valence electrons. The summed E-state index contributed by atoms with van der Waals surface area (Å²) < 4.78 is 25.1. The second kappa shape index (κ2) is 7.92. The summed E-state index contributed by atoms with van der Waals surface area (Å²) in [5, 5.41) is 5.40. The number of carbonyl (C=O) groups is 2. The number of fused-ring (bicyclic) bond motifs is 1. The van der Waals surface area contributed by atoms with E-state index in [1.165, 1.54) is 23.9 Å². The van der Waals surface area contributed by atoms with Crippen molar-refractivity contribution < 1.29 is 18.0 Å². The van der Waals surface area contributed by atoms with Gasteiger partial charge >= 0.3 is 0 Å². The van der Waals surface area contributed by atoms with Crippen molar-refractivity contribution in [1.29, 1.82) is 0 Å². The van der Waals surface area contributed by atoms with E-state index in [0.29, 0.717) is 23.5 Å². The summed E-state index contributed by atoms with van der Waals surface area (Å²) in [4.78, 5) is 24.6. The van der Waals surface area contributed by atoms with E-state index in [9.17, 15) is 18.0 Å². The fourth-order valence-electron chi connectivity index (χ4n) is 2.48. The monoisotopic (exact) mass is 390 g/mol. The van der Waals surface area contributed by atoms with Crippen LogP contribution in [-0.4, -0.2) is 31.7 Å². The van der Waals surface area contributed by atoms with Crippen molar-refractivity contribution in [2.75, 3.05) is 22.1 Å². The highest BCUT2D eigenvalue weighted by Gasteiger charge is 2.20. The minimum atomic E-state index is -3.63. The Bertz CT molecular complexity index is 927. The standard InChI is InChI=1S/C18H18N2O4S2/c21-17-8-10-25-16-7-6-14(12-15(16)20-17)26(23,24)11-9-18(22)19-13-4-2-1-3-5-13/h1-7,12H,8-11H2,(H,19,22)(H,20,21). The van der Waals surface area contributed by atoms with Gasteiger partial charge in [-0.05, 0) is 30.3 Å². The van der Waals surface area contributed by atoms with Crippen molar-refractivity contribution in [1.82, 2.24) is 0 Å². The molecule has 0 aliphatic carbocycles. The maximum atomic E-state index is 12.5. The zero-order valence-corrected chi connectivity index (χ0v) is 15.5. The highest BCUT2D eigenvalue weighted by atomic mass is 32.2. The highest BCUT2D eigenvalue weighted by Crippen LogP contribution is 2.32. The third kappa shape index (κ3) is 4.64. The molecule has 3 rings (SSSR count). The molecule has 2 amide bonds. The van der Waals surface area contributed by atoms with Crippen molar-refractivity contribution >= 4 is 44.8 Å². The van der Waals surface area contributed by atoms with E-state index in [2.05, 4.69) is 10.6 Å². The molecule has 1 aliphatic heterocycles. The number of hydrogen-bond acceptors (Lipinski definition) is 5. The fourth-order valence-corrected chi connectivity index (χ4v) is 4.68. The molecule has 0 bridgehead atoms. The number of hydrogen-bond donors (Lipinski definition) is 2. The van der Waals surface area contributed by atoms with Gasteiger partial charge in [-0.25, -0.2) is 8.42 Å². The topological polar surface area (TPSA) is 92.3 Å². The van der Waals surface area contributed by atoms with Gasteiger partial charge in [0.2, 0.25) is 11.8 Å². The van der Waals surface area contributed by atoms with Gasteiger partial charge in [-0.2, -0.15) is 0 Å². The molecule has 0 saturated carbocycles. The Morgan fingerprint density at radius 2 is 1.92 bits per heavy atom. The maximum Gasteiger partial charge on any atom is 0.225 e. The molecule has 1 heterocycles. The molecule has 0 unspecified atom stereocenters. The van der Waals surface area contributed by atoms with Crippen molar-refractivity contribution in [2.24, 2.45) is 0 Å². The lowest BCUT2D eigenvalue weighted by molar-refractivity contribution is -0.116. The third-order valence-corrected chi connectivity index (χ3v) is 6.62. The first kappa shape index (κ1) is 18.5. The Labute approximate surface area is 156 Å². The maximum absolute atomic E-state index is 12.5. The summed E-state index contributed by atoms with van der Waals surface area (Å²) in [5.41, 5.74) is 1.13. The molecule has 0 atom stereocenters. The smallest absolute Gasteiger partial charge is 0.225 e. The summed E-state index contributed by atoms with van der Waals surface area (Å²) in [6.07, 6.45) is 0.247. The zero-order valence-electron chi connectivity index (χ0n) is 13.9. The molecular formula is C18H18N2O4S2. The molecule has 0 fully saturated rings. The van der Waals surface area contributed by atoms with Crippen molar-refractivity contribution in [3.8, 4) is 0 Å². The van der Waals surface area contributed by atoms with E-state index in [-0.39, 0.29) is 28.9 Å². The van der Waals surface area contributed by atoms with Gasteiger partial charge in [0.05, 0.1) is 16.3 Å².